The number of nitrogens with zero attached hydrogens (tertiary/aromatic N) is 1. The number of amides is 2. The van der Waals surface area contributed by atoms with E-state index in [1.807, 2.05) is 34.9 Å². The van der Waals surface area contributed by atoms with Crippen LogP contribution in [0.3, 0.4) is 0 Å². The van der Waals surface area contributed by atoms with Crippen molar-refractivity contribution in [3.05, 3.63) is 60.2 Å². The number of nitrogens with one attached hydrogen (secondary N) is 1. The number of rotatable bonds is 6. The Balaban J connectivity index is 1.42. The first-order chi connectivity index (χ1) is 14.1. The Morgan fingerprint density at radius 2 is 1.69 bits per heavy atom. The Kier molecular flexibility index (Phi) is 6.24. The van der Waals surface area contributed by atoms with E-state index >= 15 is 0 Å². The average Bonchev–Trinajstić information content (AvgIpc) is 3.14. The molecular formula is C24H28N2O2S. The molecule has 5 heteroatoms. The van der Waals surface area contributed by atoms with Crippen LogP contribution in [-0.2, 0) is 16.0 Å². The smallest absolute Gasteiger partial charge is 0.222 e. The zero-order valence-corrected chi connectivity index (χ0v) is 17.5. The number of thioether (sulfide) groups is 1. The van der Waals surface area contributed by atoms with Gasteiger partial charge < -0.3 is 10.2 Å². The summed E-state index contributed by atoms with van der Waals surface area (Å²) in [5, 5.41) is 3.21. The molecule has 0 spiro atoms. The molecule has 1 N–H and O–H groups in total. The molecule has 1 atom stereocenters. The van der Waals surface area contributed by atoms with E-state index in [-0.39, 0.29) is 17.4 Å². The van der Waals surface area contributed by atoms with Gasteiger partial charge in [0.15, 0.2) is 0 Å². The first kappa shape index (κ1) is 20.0. The standard InChI is InChI=1S/C24H28N2O2S/c27-22-10-12-24(25-22,13-11-23(28)26-14-16-29-17-15-26)18-19-6-8-21(9-7-19)20-4-2-1-3-5-20/h1-9H,10-18H2,(H,25,27). The number of carbonyl (C=O) groups is 2. The van der Waals surface area contributed by atoms with Crippen LogP contribution in [0, 0.1) is 0 Å². The van der Waals surface area contributed by atoms with Crippen molar-refractivity contribution in [1.82, 2.24) is 10.2 Å². The number of carbonyl (C=O) groups excluding carboxylic acids is 2. The predicted octanol–water partition coefficient (Wildman–Crippen LogP) is 3.90. The first-order valence-corrected chi connectivity index (χ1v) is 11.6. The Bertz CT molecular complexity index is 847. The van der Waals surface area contributed by atoms with Gasteiger partial charge in [-0.1, -0.05) is 54.6 Å². The lowest BCUT2D eigenvalue weighted by atomic mass is 9.84. The van der Waals surface area contributed by atoms with Gasteiger partial charge >= 0.3 is 0 Å². The predicted molar refractivity (Wildman–Crippen MR) is 119 cm³/mol. The highest BCUT2D eigenvalue weighted by molar-refractivity contribution is 7.99. The van der Waals surface area contributed by atoms with E-state index in [9.17, 15) is 9.59 Å². The minimum atomic E-state index is -0.300. The maximum Gasteiger partial charge on any atom is 0.222 e. The second-order valence-electron chi connectivity index (χ2n) is 8.06. The van der Waals surface area contributed by atoms with Crippen LogP contribution in [-0.4, -0.2) is 46.8 Å². The molecule has 4 rings (SSSR count). The van der Waals surface area contributed by atoms with E-state index in [2.05, 4.69) is 41.7 Å². The maximum atomic E-state index is 12.6. The summed E-state index contributed by atoms with van der Waals surface area (Å²) in [5.41, 5.74) is 3.30. The number of benzene rings is 2. The van der Waals surface area contributed by atoms with Crippen molar-refractivity contribution >= 4 is 23.6 Å². The van der Waals surface area contributed by atoms with Crippen molar-refractivity contribution in [2.24, 2.45) is 0 Å². The van der Waals surface area contributed by atoms with Crippen LogP contribution < -0.4 is 5.32 Å². The molecule has 2 aromatic carbocycles. The largest absolute Gasteiger partial charge is 0.350 e. The summed E-state index contributed by atoms with van der Waals surface area (Å²) < 4.78 is 0. The first-order valence-electron chi connectivity index (χ1n) is 10.4. The number of hydrogen-bond acceptors (Lipinski definition) is 3. The third-order valence-electron chi connectivity index (χ3n) is 6.02. The minimum Gasteiger partial charge on any atom is -0.350 e. The molecule has 2 amide bonds. The molecule has 0 radical (unpaired) electrons. The lowest BCUT2D eigenvalue weighted by molar-refractivity contribution is -0.131. The molecule has 2 heterocycles. The van der Waals surface area contributed by atoms with Gasteiger partial charge in [0.25, 0.3) is 0 Å². The van der Waals surface area contributed by atoms with E-state index < -0.39 is 0 Å². The highest BCUT2D eigenvalue weighted by atomic mass is 32.2. The highest BCUT2D eigenvalue weighted by Crippen LogP contribution is 2.31. The van der Waals surface area contributed by atoms with Crippen LogP contribution >= 0.6 is 11.8 Å². The average molecular weight is 409 g/mol. The molecule has 1 unspecified atom stereocenters. The van der Waals surface area contributed by atoms with Gasteiger partial charge in [0, 0.05) is 43.0 Å². The van der Waals surface area contributed by atoms with Gasteiger partial charge in [-0.15, -0.1) is 0 Å². The summed E-state index contributed by atoms with van der Waals surface area (Å²) in [6.07, 6.45) is 3.34. The molecule has 4 nitrogen and oxygen atoms in total. The van der Waals surface area contributed by atoms with E-state index in [1.165, 1.54) is 16.7 Å². The van der Waals surface area contributed by atoms with Crippen molar-refractivity contribution in [2.45, 2.75) is 37.6 Å². The van der Waals surface area contributed by atoms with Gasteiger partial charge in [0.2, 0.25) is 11.8 Å². The van der Waals surface area contributed by atoms with E-state index in [1.54, 1.807) is 0 Å². The molecule has 29 heavy (non-hydrogen) atoms. The van der Waals surface area contributed by atoms with Crippen LogP contribution in [0.5, 0.6) is 0 Å². The molecule has 0 bridgehead atoms. The Labute approximate surface area is 177 Å². The Morgan fingerprint density at radius 3 is 2.34 bits per heavy atom. The van der Waals surface area contributed by atoms with E-state index in [0.29, 0.717) is 19.3 Å². The normalized spacial score (nSPS) is 21.8. The van der Waals surface area contributed by atoms with Crippen molar-refractivity contribution in [1.29, 1.82) is 0 Å². The monoisotopic (exact) mass is 408 g/mol. The van der Waals surface area contributed by atoms with Crippen molar-refractivity contribution < 1.29 is 9.59 Å². The molecule has 2 saturated heterocycles. The van der Waals surface area contributed by atoms with Crippen LogP contribution in [0.4, 0.5) is 0 Å². The van der Waals surface area contributed by atoms with Crippen LogP contribution in [0.1, 0.15) is 31.2 Å². The third-order valence-corrected chi connectivity index (χ3v) is 6.96. The second-order valence-corrected chi connectivity index (χ2v) is 9.29. The maximum absolute atomic E-state index is 12.6. The molecule has 152 valence electrons. The molecule has 2 fully saturated rings. The zero-order valence-electron chi connectivity index (χ0n) is 16.7. The summed E-state index contributed by atoms with van der Waals surface area (Å²) in [6, 6.07) is 18.9. The van der Waals surface area contributed by atoms with Gasteiger partial charge in [-0.05, 0) is 36.0 Å². The van der Waals surface area contributed by atoms with Gasteiger partial charge in [-0.25, -0.2) is 0 Å². The Morgan fingerprint density at radius 1 is 1.00 bits per heavy atom. The summed E-state index contributed by atoms with van der Waals surface area (Å²) in [6.45, 7) is 1.70. The summed E-state index contributed by atoms with van der Waals surface area (Å²) in [5.74, 6) is 2.39. The fourth-order valence-corrected chi connectivity index (χ4v) is 5.24. The van der Waals surface area contributed by atoms with E-state index in [0.717, 1.165) is 37.4 Å². The zero-order chi connectivity index (χ0) is 20.1. The Hall–Kier alpha value is -2.27. The lowest BCUT2D eigenvalue weighted by Gasteiger charge is -2.32. The lowest BCUT2D eigenvalue weighted by Crippen LogP contribution is -2.45. The van der Waals surface area contributed by atoms with Crippen LogP contribution in [0.2, 0.25) is 0 Å². The highest BCUT2D eigenvalue weighted by Gasteiger charge is 2.38. The minimum absolute atomic E-state index is 0.104. The SMILES string of the molecule is O=C1CCC(CCC(=O)N2CCSCC2)(Cc2ccc(-c3ccccc3)cc2)N1. The number of hydrogen-bond donors (Lipinski definition) is 1. The van der Waals surface area contributed by atoms with E-state index in [4.69, 9.17) is 0 Å². The fourth-order valence-electron chi connectivity index (χ4n) is 4.34. The quantitative estimate of drug-likeness (QED) is 0.789. The molecule has 0 saturated carbocycles. The molecule has 2 aromatic rings. The van der Waals surface area contributed by atoms with Crippen molar-refractivity contribution in [3.63, 3.8) is 0 Å². The fraction of sp³-hybridized carbons (Fsp3) is 0.417. The van der Waals surface area contributed by atoms with Gasteiger partial charge in [0.1, 0.15) is 0 Å². The molecule has 0 aliphatic carbocycles. The van der Waals surface area contributed by atoms with Gasteiger partial charge in [-0.3, -0.25) is 9.59 Å². The summed E-state index contributed by atoms with van der Waals surface area (Å²) in [7, 11) is 0. The summed E-state index contributed by atoms with van der Waals surface area (Å²) in [4.78, 5) is 26.6. The van der Waals surface area contributed by atoms with Crippen LogP contribution in [0.15, 0.2) is 54.6 Å². The van der Waals surface area contributed by atoms with Gasteiger partial charge in [0.05, 0.1) is 0 Å². The molecular weight excluding hydrogens is 380 g/mol. The van der Waals surface area contributed by atoms with Crippen molar-refractivity contribution in [2.75, 3.05) is 24.6 Å². The van der Waals surface area contributed by atoms with Gasteiger partial charge in [-0.2, -0.15) is 11.8 Å². The molecule has 2 aliphatic heterocycles. The topological polar surface area (TPSA) is 49.4 Å². The summed E-state index contributed by atoms with van der Waals surface area (Å²) >= 11 is 1.91. The second kappa shape index (κ2) is 9.04. The molecule has 2 aliphatic rings. The molecule has 0 aromatic heterocycles. The van der Waals surface area contributed by atoms with Crippen molar-refractivity contribution in [3.8, 4) is 11.1 Å². The third kappa shape index (κ3) is 5.02. The van der Waals surface area contributed by atoms with Crippen LogP contribution in [0.25, 0.3) is 11.1 Å².